The third-order valence-corrected chi connectivity index (χ3v) is 3.99. The summed E-state index contributed by atoms with van der Waals surface area (Å²) in [4.78, 5) is 0. The fourth-order valence-corrected chi connectivity index (χ4v) is 2.71. The van der Waals surface area contributed by atoms with Gasteiger partial charge in [0.25, 0.3) is 0 Å². The molecule has 0 fully saturated rings. The van der Waals surface area contributed by atoms with E-state index in [1.165, 1.54) is 0 Å². The third kappa shape index (κ3) is 2.61. The highest BCUT2D eigenvalue weighted by Gasteiger charge is 2.30. The first-order chi connectivity index (χ1) is 10.2. The van der Waals surface area contributed by atoms with Gasteiger partial charge in [0.2, 0.25) is 0 Å². The lowest BCUT2D eigenvalue weighted by Crippen LogP contribution is -2.26. The highest BCUT2D eigenvalue weighted by Crippen LogP contribution is 2.38. The summed E-state index contributed by atoms with van der Waals surface area (Å²) < 4.78 is 11.4. The van der Waals surface area contributed by atoms with Crippen molar-refractivity contribution in [2.24, 2.45) is 0 Å². The van der Waals surface area contributed by atoms with Gasteiger partial charge < -0.3 is 14.6 Å². The van der Waals surface area contributed by atoms with Gasteiger partial charge in [-0.3, -0.25) is 0 Å². The zero-order valence-electron chi connectivity index (χ0n) is 12.2. The van der Waals surface area contributed by atoms with Gasteiger partial charge in [-0.05, 0) is 29.7 Å². The van der Waals surface area contributed by atoms with Crippen LogP contribution in [-0.2, 0) is 5.60 Å². The van der Waals surface area contributed by atoms with Crippen LogP contribution in [0.4, 0.5) is 0 Å². The number of hydrogen-bond donors (Lipinski definition) is 1. The predicted octanol–water partition coefficient (Wildman–Crippen LogP) is 3.49. The van der Waals surface area contributed by atoms with E-state index in [0.717, 1.165) is 23.3 Å². The summed E-state index contributed by atoms with van der Waals surface area (Å²) in [6.07, 6.45) is 1.47. The molecule has 1 aliphatic rings. The van der Waals surface area contributed by atoms with Crippen molar-refractivity contribution in [3.05, 3.63) is 59.7 Å². The fraction of sp³-hybridized carbons (Fsp3) is 0.333. The van der Waals surface area contributed by atoms with Gasteiger partial charge >= 0.3 is 0 Å². The minimum Gasteiger partial charge on any atom is -0.490 e. The smallest absolute Gasteiger partial charge is 0.161 e. The van der Waals surface area contributed by atoms with Crippen molar-refractivity contribution in [1.82, 2.24) is 0 Å². The van der Waals surface area contributed by atoms with Crippen LogP contribution in [0.2, 0.25) is 0 Å². The second kappa shape index (κ2) is 5.78. The molecule has 2 aromatic carbocycles. The van der Waals surface area contributed by atoms with Crippen molar-refractivity contribution in [3.63, 3.8) is 0 Å². The van der Waals surface area contributed by atoms with Crippen molar-refractivity contribution in [1.29, 1.82) is 0 Å². The Morgan fingerprint density at radius 3 is 2.38 bits per heavy atom. The highest BCUT2D eigenvalue weighted by molar-refractivity contribution is 5.47. The van der Waals surface area contributed by atoms with Crippen molar-refractivity contribution >= 4 is 0 Å². The predicted molar refractivity (Wildman–Crippen MR) is 81.8 cm³/mol. The van der Waals surface area contributed by atoms with E-state index in [2.05, 4.69) is 0 Å². The topological polar surface area (TPSA) is 38.7 Å². The van der Waals surface area contributed by atoms with Gasteiger partial charge in [-0.15, -0.1) is 0 Å². The molecule has 0 aromatic heterocycles. The van der Waals surface area contributed by atoms with Gasteiger partial charge in [0.15, 0.2) is 11.5 Å². The quantitative estimate of drug-likeness (QED) is 0.937. The first-order valence-electron chi connectivity index (χ1n) is 7.42. The molecule has 0 saturated carbocycles. The average molecular weight is 284 g/mol. The standard InChI is InChI=1S/C18H20O3/c1-2-18(19,14-7-4-3-5-8-14)15-9-10-16-17(13-15)21-12-6-11-20-16/h3-5,7-10,13,19H,2,6,11-12H2,1H3. The van der Waals surface area contributed by atoms with Gasteiger partial charge in [0, 0.05) is 6.42 Å². The summed E-state index contributed by atoms with van der Waals surface area (Å²) in [7, 11) is 0. The summed E-state index contributed by atoms with van der Waals surface area (Å²) in [5.74, 6) is 1.47. The average Bonchev–Trinajstić information content (AvgIpc) is 2.79. The summed E-state index contributed by atoms with van der Waals surface area (Å²) in [6, 6.07) is 15.4. The van der Waals surface area contributed by atoms with Crippen LogP contribution in [0, 0.1) is 0 Å². The van der Waals surface area contributed by atoms with Crippen LogP contribution in [-0.4, -0.2) is 18.3 Å². The van der Waals surface area contributed by atoms with Gasteiger partial charge in [-0.2, -0.15) is 0 Å². The van der Waals surface area contributed by atoms with E-state index in [-0.39, 0.29) is 0 Å². The molecular weight excluding hydrogens is 264 g/mol. The lowest BCUT2D eigenvalue weighted by Gasteiger charge is -2.28. The molecule has 1 N–H and O–H groups in total. The molecule has 0 bridgehead atoms. The Labute approximate surface area is 125 Å². The summed E-state index contributed by atoms with van der Waals surface area (Å²) in [6.45, 7) is 3.30. The number of fused-ring (bicyclic) bond motifs is 1. The summed E-state index contributed by atoms with van der Waals surface area (Å²) in [5, 5.41) is 11.1. The lowest BCUT2D eigenvalue weighted by atomic mass is 9.84. The molecule has 0 amide bonds. The Balaban J connectivity index is 2.03. The second-order valence-electron chi connectivity index (χ2n) is 5.29. The van der Waals surface area contributed by atoms with E-state index in [4.69, 9.17) is 9.47 Å². The van der Waals surface area contributed by atoms with Crippen LogP contribution in [0.15, 0.2) is 48.5 Å². The van der Waals surface area contributed by atoms with Crippen LogP contribution in [0.1, 0.15) is 30.9 Å². The first kappa shape index (κ1) is 14.0. The molecule has 3 heteroatoms. The minimum absolute atomic E-state index is 0.594. The van der Waals surface area contributed by atoms with Crippen molar-refractivity contribution in [3.8, 4) is 11.5 Å². The highest BCUT2D eigenvalue weighted by atomic mass is 16.5. The normalized spacial score (nSPS) is 16.9. The van der Waals surface area contributed by atoms with Gasteiger partial charge in [-0.1, -0.05) is 43.3 Å². The largest absolute Gasteiger partial charge is 0.490 e. The molecule has 1 aliphatic heterocycles. The maximum atomic E-state index is 11.1. The van der Waals surface area contributed by atoms with E-state index in [1.807, 2.05) is 55.5 Å². The van der Waals surface area contributed by atoms with Crippen LogP contribution < -0.4 is 9.47 Å². The first-order valence-corrected chi connectivity index (χ1v) is 7.42. The summed E-state index contributed by atoms with van der Waals surface area (Å²) >= 11 is 0. The molecule has 0 spiro atoms. The Kier molecular flexibility index (Phi) is 3.84. The molecule has 21 heavy (non-hydrogen) atoms. The maximum Gasteiger partial charge on any atom is 0.161 e. The molecule has 1 atom stereocenters. The van der Waals surface area contributed by atoms with Gasteiger partial charge in [0.1, 0.15) is 5.60 Å². The lowest BCUT2D eigenvalue weighted by molar-refractivity contribution is 0.0762. The van der Waals surface area contributed by atoms with Crippen molar-refractivity contribution in [2.45, 2.75) is 25.4 Å². The SMILES string of the molecule is CCC(O)(c1ccccc1)c1ccc2c(c1)OCCCO2. The van der Waals surface area contributed by atoms with Crippen LogP contribution in [0.25, 0.3) is 0 Å². The second-order valence-corrected chi connectivity index (χ2v) is 5.29. The molecule has 1 heterocycles. The molecule has 3 rings (SSSR count). The molecule has 110 valence electrons. The Morgan fingerprint density at radius 1 is 0.952 bits per heavy atom. The molecule has 3 nitrogen and oxygen atoms in total. The molecular formula is C18H20O3. The van der Waals surface area contributed by atoms with Crippen LogP contribution >= 0.6 is 0 Å². The number of ether oxygens (including phenoxy) is 2. The Hall–Kier alpha value is -2.00. The molecule has 0 saturated heterocycles. The van der Waals surface area contributed by atoms with Gasteiger partial charge in [0.05, 0.1) is 13.2 Å². The summed E-state index contributed by atoms with van der Waals surface area (Å²) in [5.41, 5.74) is 0.716. The van der Waals surface area contributed by atoms with Crippen molar-refractivity contribution in [2.75, 3.05) is 13.2 Å². The third-order valence-electron chi connectivity index (χ3n) is 3.99. The maximum absolute atomic E-state index is 11.1. The van der Waals surface area contributed by atoms with Crippen LogP contribution in [0.3, 0.4) is 0 Å². The molecule has 0 radical (unpaired) electrons. The minimum atomic E-state index is -1.01. The monoisotopic (exact) mass is 284 g/mol. The van der Waals surface area contributed by atoms with Crippen LogP contribution in [0.5, 0.6) is 11.5 Å². The fourth-order valence-electron chi connectivity index (χ4n) is 2.71. The zero-order valence-corrected chi connectivity index (χ0v) is 12.2. The number of aliphatic hydroxyl groups is 1. The molecule has 2 aromatic rings. The molecule has 1 unspecified atom stereocenters. The van der Waals surface area contributed by atoms with Crippen molar-refractivity contribution < 1.29 is 14.6 Å². The molecule has 0 aliphatic carbocycles. The van der Waals surface area contributed by atoms with E-state index in [0.29, 0.717) is 25.4 Å². The number of rotatable bonds is 3. The van der Waals surface area contributed by atoms with E-state index >= 15 is 0 Å². The van der Waals surface area contributed by atoms with E-state index in [9.17, 15) is 5.11 Å². The zero-order chi connectivity index (χ0) is 14.7. The van der Waals surface area contributed by atoms with E-state index in [1.54, 1.807) is 0 Å². The Bertz CT molecular complexity index is 609. The Morgan fingerprint density at radius 2 is 1.67 bits per heavy atom. The number of hydrogen-bond acceptors (Lipinski definition) is 3. The van der Waals surface area contributed by atoms with Gasteiger partial charge in [-0.25, -0.2) is 0 Å². The number of benzene rings is 2. The van der Waals surface area contributed by atoms with E-state index < -0.39 is 5.60 Å².